The van der Waals surface area contributed by atoms with E-state index in [0.29, 0.717) is 16.8 Å². The molecule has 3 N–H and O–H groups in total. The molecule has 0 fully saturated rings. The molecule has 3 heteroatoms. The molecule has 0 aliphatic heterocycles. The quantitative estimate of drug-likeness (QED) is 0.393. The first-order chi connectivity index (χ1) is 5.66. The second-order valence-electron chi connectivity index (χ2n) is 2.51. The van der Waals surface area contributed by atoms with Gasteiger partial charge in [0.1, 0.15) is 0 Å². The maximum Gasteiger partial charge on any atom is 0.160 e. The zero-order valence-electron chi connectivity index (χ0n) is 6.79. The Morgan fingerprint density at radius 3 is 2.67 bits per heavy atom. The van der Waals surface area contributed by atoms with Crippen molar-refractivity contribution in [1.29, 1.82) is 5.41 Å². The van der Waals surface area contributed by atoms with Crippen LogP contribution in [0.5, 0.6) is 0 Å². The van der Waals surface area contributed by atoms with E-state index in [-0.39, 0.29) is 5.78 Å². The number of nitrogen functional groups attached to an aromatic ring is 1. The number of anilines is 1. The van der Waals surface area contributed by atoms with Gasteiger partial charge >= 0.3 is 0 Å². The molecule has 1 rings (SSSR count). The molecule has 62 valence electrons. The summed E-state index contributed by atoms with van der Waals surface area (Å²) in [6.07, 6.45) is 1.10. The molecule has 0 bridgehead atoms. The lowest BCUT2D eigenvalue weighted by Gasteiger charge is -2.03. The monoisotopic (exact) mass is 162 g/mol. The molecule has 0 aromatic heterocycles. The Bertz CT molecular complexity index is 331. The third-order valence-corrected chi connectivity index (χ3v) is 1.66. The molecule has 12 heavy (non-hydrogen) atoms. The van der Waals surface area contributed by atoms with Gasteiger partial charge in [0.15, 0.2) is 5.78 Å². The molecule has 1 aromatic carbocycles. The molecule has 0 aliphatic rings. The third-order valence-electron chi connectivity index (χ3n) is 1.66. The van der Waals surface area contributed by atoms with Crippen LogP contribution in [0.4, 0.5) is 5.69 Å². The maximum atomic E-state index is 11.0. The fourth-order valence-corrected chi connectivity index (χ4v) is 1.05. The van der Waals surface area contributed by atoms with Gasteiger partial charge in [0.25, 0.3) is 0 Å². The Morgan fingerprint density at radius 1 is 1.58 bits per heavy atom. The van der Waals surface area contributed by atoms with Crippen LogP contribution in [0.1, 0.15) is 22.8 Å². The number of nitrogens with one attached hydrogen (secondary N) is 1. The molecule has 0 saturated carbocycles. The highest BCUT2D eigenvalue weighted by atomic mass is 16.1. The van der Waals surface area contributed by atoms with Crippen LogP contribution in [-0.2, 0) is 0 Å². The average molecular weight is 162 g/mol. The summed E-state index contributed by atoms with van der Waals surface area (Å²) in [6.45, 7) is 1.46. The van der Waals surface area contributed by atoms with Crippen LogP contribution in [0.2, 0.25) is 0 Å². The lowest BCUT2D eigenvalue weighted by molar-refractivity contribution is 0.101. The summed E-state index contributed by atoms with van der Waals surface area (Å²) < 4.78 is 0. The molecule has 1 aromatic rings. The number of rotatable bonds is 2. The highest BCUT2D eigenvalue weighted by molar-refractivity contribution is 6.04. The van der Waals surface area contributed by atoms with Crippen LogP contribution in [0, 0.1) is 5.41 Å². The Morgan fingerprint density at radius 2 is 2.25 bits per heavy atom. The average Bonchev–Trinajstić information content (AvgIpc) is 2.03. The minimum atomic E-state index is -0.0687. The molecule has 0 amide bonds. The topological polar surface area (TPSA) is 66.9 Å². The molecular weight excluding hydrogens is 152 g/mol. The van der Waals surface area contributed by atoms with E-state index in [1.54, 1.807) is 18.2 Å². The second kappa shape index (κ2) is 3.17. The van der Waals surface area contributed by atoms with E-state index in [9.17, 15) is 4.79 Å². The molecule has 0 spiro atoms. The summed E-state index contributed by atoms with van der Waals surface area (Å²) in [7, 11) is 0. The number of hydrogen-bond donors (Lipinski definition) is 2. The Labute approximate surface area is 70.7 Å². The van der Waals surface area contributed by atoms with Crippen LogP contribution in [-0.4, -0.2) is 12.0 Å². The summed E-state index contributed by atoms with van der Waals surface area (Å²) >= 11 is 0. The third kappa shape index (κ3) is 1.34. The van der Waals surface area contributed by atoms with Gasteiger partial charge in [-0.15, -0.1) is 0 Å². The number of carbonyl (C=O) groups excluding carboxylic acids is 1. The van der Waals surface area contributed by atoms with Gasteiger partial charge in [-0.05, 0) is 13.0 Å². The van der Waals surface area contributed by atoms with Crippen LogP contribution in [0.25, 0.3) is 0 Å². The first-order valence-corrected chi connectivity index (χ1v) is 3.56. The van der Waals surface area contributed by atoms with E-state index in [2.05, 4.69) is 0 Å². The van der Waals surface area contributed by atoms with Crippen molar-refractivity contribution in [1.82, 2.24) is 0 Å². The summed E-state index contributed by atoms with van der Waals surface area (Å²) in [5, 5.41) is 7.06. The normalized spacial score (nSPS) is 9.42. The van der Waals surface area contributed by atoms with Crippen LogP contribution in [0.3, 0.4) is 0 Å². The first kappa shape index (κ1) is 8.46. The van der Waals surface area contributed by atoms with Gasteiger partial charge in [0.2, 0.25) is 0 Å². The van der Waals surface area contributed by atoms with Gasteiger partial charge in [0, 0.05) is 23.0 Å². The van der Waals surface area contributed by atoms with Gasteiger partial charge < -0.3 is 11.1 Å². The van der Waals surface area contributed by atoms with Crippen molar-refractivity contribution >= 4 is 17.7 Å². The summed E-state index contributed by atoms with van der Waals surface area (Å²) in [4.78, 5) is 11.0. The highest BCUT2D eigenvalue weighted by Gasteiger charge is 2.06. The first-order valence-electron chi connectivity index (χ1n) is 3.56. The zero-order chi connectivity index (χ0) is 9.14. The van der Waals surface area contributed by atoms with E-state index < -0.39 is 0 Å². The summed E-state index contributed by atoms with van der Waals surface area (Å²) in [6, 6.07) is 5.05. The fourth-order valence-electron chi connectivity index (χ4n) is 1.05. The van der Waals surface area contributed by atoms with Crippen LogP contribution >= 0.6 is 0 Å². The standard InChI is InChI=1S/C9H10N2O/c1-6(12)7-3-2-4-9(11)8(7)5-10/h2-5,10H,11H2,1H3. The van der Waals surface area contributed by atoms with E-state index in [1.807, 2.05) is 0 Å². The fraction of sp³-hybridized carbons (Fsp3) is 0.111. The summed E-state index contributed by atoms with van der Waals surface area (Å²) in [5.74, 6) is -0.0687. The van der Waals surface area contributed by atoms with Crippen molar-refractivity contribution in [2.75, 3.05) is 5.73 Å². The smallest absolute Gasteiger partial charge is 0.160 e. The van der Waals surface area contributed by atoms with Gasteiger partial charge in [0.05, 0.1) is 0 Å². The molecule has 0 atom stereocenters. The molecule has 0 heterocycles. The van der Waals surface area contributed by atoms with Crippen LogP contribution < -0.4 is 5.73 Å². The predicted molar refractivity (Wildman–Crippen MR) is 48.7 cm³/mol. The Balaban J connectivity index is 3.37. The largest absolute Gasteiger partial charge is 0.398 e. The van der Waals surface area contributed by atoms with Crippen molar-refractivity contribution in [2.45, 2.75) is 6.92 Å². The van der Waals surface area contributed by atoms with Crippen molar-refractivity contribution in [2.24, 2.45) is 0 Å². The number of nitrogens with two attached hydrogens (primary N) is 1. The minimum Gasteiger partial charge on any atom is -0.398 e. The zero-order valence-corrected chi connectivity index (χ0v) is 6.79. The second-order valence-corrected chi connectivity index (χ2v) is 2.51. The van der Waals surface area contributed by atoms with Gasteiger partial charge in [-0.1, -0.05) is 12.1 Å². The van der Waals surface area contributed by atoms with Crippen molar-refractivity contribution in [3.63, 3.8) is 0 Å². The lowest BCUT2D eigenvalue weighted by atomic mass is 10.0. The van der Waals surface area contributed by atoms with Gasteiger partial charge in [-0.3, -0.25) is 4.79 Å². The minimum absolute atomic E-state index is 0.0687. The lowest BCUT2D eigenvalue weighted by Crippen LogP contribution is -2.02. The SMILES string of the molecule is CC(=O)c1cccc(N)c1C=N. The van der Waals surface area contributed by atoms with E-state index >= 15 is 0 Å². The molecule has 0 radical (unpaired) electrons. The maximum absolute atomic E-state index is 11.0. The Hall–Kier alpha value is -1.64. The van der Waals surface area contributed by atoms with Crippen LogP contribution in [0.15, 0.2) is 18.2 Å². The number of Topliss-reactive ketones (excluding diaryl/α,β-unsaturated/α-hetero) is 1. The van der Waals surface area contributed by atoms with Crippen molar-refractivity contribution in [3.05, 3.63) is 29.3 Å². The number of ketones is 1. The molecule has 0 saturated heterocycles. The number of carbonyl (C=O) groups is 1. The molecular formula is C9H10N2O. The molecule has 3 nitrogen and oxygen atoms in total. The van der Waals surface area contributed by atoms with Gasteiger partial charge in [-0.2, -0.15) is 0 Å². The van der Waals surface area contributed by atoms with E-state index in [1.165, 1.54) is 6.92 Å². The molecule has 0 unspecified atom stereocenters. The van der Waals surface area contributed by atoms with Gasteiger partial charge in [-0.25, -0.2) is 0 Å². The highest BCUT2D eigenvalue weighted by Crippen LogP contribution is 2.14. The predicted octanol–water partition coefficient (Wildman–Crippen LogP) is 1.47. The Kier molecular flexibility index (Phi) is 2.24. The number of benzene rings is 1. The van der Waals surface area contributed by atoms with Crippen molar-refractivity contribution in [3.8, 4) is 0 Å². The molecule has 0 aliphatic carbocycles. The number of hydrogen-bond acceptors (Lipinski definition) is 3. The van der Waals surface area contributed by atoms with E-state index in [0.717, 1.165) is 6.21 Å². The van der Waals surface area contributed by atoms with E-state index in [4.69, 9.17) is 11.1 Å². The summed E-state index contributed by atoms with van der Waals surface area (Å²) in [5.41, 5.74) is 7.05. The van der Waals surface area contributed by atoms with Crippen molar-refractivity contribution < 1.29 is 4.79 Å².